The Morgan fingerprint density at radius 2 is 1.09 bits per heavy atom. The number of rotatable bonds is 18. The number of benzene rings is 4. The Bertz CT molecular complexity index is 1710. The molecule has 0 spiro atoms. The smallest absolute Gasteiger partial charge is 0.416 e. The molecule has 2 heterocycles. The number of carbonyl (C=O) groups excluding carboxylic acids is 2. The molecule has 0 N–H and O–H groups in total. The molecular formula is C45H53NO8. The van der Waals surface area contributed by atoms with Gasteiger partial charge in [-0.05, 0) is 41.0 Å². The van der Waals surface area contributed by atoms with Gasteiger partial charge in [-0.2, -0.15) is 0 Å². The summed E-state index contributed by atoms with van der Waals surface area (Å²) in [6.07, 6.45) is -2.27. The summed E-state index contributed by atoms with van der Waals surface area (Å²) in [7, 11) is 0. The standard InChI is InChI=1S/C45H53NO8/c1-32(2)38-30-53-45(48)46(38)44(47)33(3)24-25-39-41(50-27-35-18-10-5-11-19-35)43(52-29-37-22-14-7-15-23-37)42(51-28-36-20-12-6-13-21-36)40(54-39)31-49-26-34-16-8-4-9-17-34/h4-23,32-33,38-43H,24-31H2,1-3H3/t33-,38+,39+,40+,41-,42-,43+/m0/s1. The van der Waals surface area contributed by atoms with Gasteiger partial charge in [-0.25, -0.2) is 9.69 Å². The van der Waals surface area contributed by atoms with E-state index in [9.17, 15) is 9.59 Å². The number of amides is 2. The van der Waals surface area contributed by atoms with E-state index in [1.807, 2.05) is 142 Å². The zero-order valence-electron chi connectivity index (χ0n) is 31.5. The summed E-state index contributed by atoms with van der Waals surface area (Å²) < 4.78 is 39.0. The number of ether oxygens (including phenoxy) is 6. The van der Waals surface area contributed by atoms with E-state index in [-0.39, 0.29) is 31.1 Å². The van der Waals surface area contributed by atoms with Crippen molar-refractivity contribution in [3.05, 3.63) is 144 Å². The highest BCUT2D eigenvalue weighted by atomic mass is 16.6. The van der Waals surface area contributed by atoms with E-state index in [2.05, 4.69) is 0 Å². The number of hydrogen-bond donors (Lipinski definition) is 0. The Hall–Kier alpha value is -4.38. The van der Waals surface area contributed by atoms with Crippen LogP contribution in [-0.2, 0) is 59.6 Å². The summed E-state index contributed by atoms with van der Waals surface area (Å²) in [5, 5.41) is 0. The predicted octanol–water partition coefficient (Wildman–Crippen LogP) is 8.15. The topological polar surface area (TPSA) is 92.8 Å². The quantitative estimate of drug-likeness (QED) is 0.101. The number of carbonyl (C=O) groups is 2. The maximum atomic E-state index is 13.8. The fourth-order valence-electron chi connectivity index (χ4n) is 7.07. The molecule has 54 heavy (non-hydrogen) atoms. The second-order valence-electron chi connectivity index (χ2n) is 14.6. The number of cyclic esters (lactones) is 1. The van der Waals surface area contributed by atoms with Gasteiger partial charge in [0.2, 0.25) is 5.91 Å². The van der Waals surface area contributed by atoms with Crippen LogP contribution in [0.3, 0.4) is 0 Å². The molecule has 4 aromatic rings. The zero-order chi connectivity index (χ0) is 37.7. The fourth-order valence-corrected chi connectivity index (χ4v) is 7.07. The molecule has 4 aromatic carbocycles. The Labute approximate surface area is 319 Å². The number of imide groups is 1. The van der Waals surface area contributed by atoms with Gasteiger partial charge in [0, 0.05) is 5.92 Å². The molecule has 0 aromatic heterocycles. The van der Waals surface area contributed by atoms with Gasteiger partial charge in [-0.1, -0.05) is 142 Å². The van der Waals surface area contributed by atoms with Gasteiger partial charge in [0.05, 0.1) is 45.2 Å². The van der Waals surface area contributed by atoms with E-state index in [0.717, 1.165) is 22.3 Å². The normalized spacial score (nSPS) is 23.3. The van der Waals surface area contributed by atoms with Gasteiger partial charge in [-0.15, -0.1) is 0 Å². The van der Waals surface area contributed by atoms with Crippen molar-refractivity contribution in [1.82, 2.24) is 4.90 Å². The average molecular weight is 736 g/mol. The third-order valence-electron chi connectivity index (χ3n) is 10.2. The second-order valence-corrected chi connectivity index (χ2v) is 14.6. The Kier molecular flexibility index (Phi) is 14.4. The third kappa shape index (κ3) is 10.6. The van der Waals surface area contributed by atoms with Gasteiger partial charge in [0.1, 0.15) is 31.0 Å². The lowest BCUT2D eigenvalue weighted by Gasteiger charge is -2.46. The van der Waals surface area contributed by atoms with Gasteiger partial charge in [0.15, 0.2) is 0 Å². The summed E-state index contributed by atoms with van der Waals surface area (Å²) in [5.41, 5.74) is 4.13. The molecule has 9 nitrogen and oxygen atoms in total. The first kappa shape index (κ1) is 39.3. The van der Waals surface area contributed by atoms with Gasteiger partial charge in [-0.3, -0.25) is 4.79 Å². The van der Waals surface area contributed by atoms with Gasteiger partial charge in [0.25, 0.3) is 0 Å². The molecule has 0 bridgehead atoms. The molecule has 6 rings (SSSR count). The summed E-state index contributed by atoms with van der Waals surface area (Å²) in [6.45, 7) is 7.76. The van der Waals surface area contributed by atoms with E-state index in [1.54, 1.807) is 0 Å². The van der Waals surface area contributed by atoms with Crippen LogP contribution in [0.1, 0.15) is 55.9 Å². The monoisotopic (exact) mass is 735 g/mol. The van der Waals surface area contributed by atoms with Gasteiger partial charge >= 0.3 is 6.09 Å². The molecule has 286 valence electrons. The molecule has 2 fully saturated rings. The number of nitrogens with zero attached hydrogens (tertiary/aromatic N) is 1. The first-order valence-corrected chi connectivity index (χ1v) is 19.1. The van der Waals surface area contributed by atoms with E-state index in [0.29, 0.717) is 39.3 Å². The Morgan fingerprint density at radius 3 is 1.57 bits per heavy atom. The van der Waals surface area contributed by atoms with Crippen molar-refractivity contribution < 1.29 is 38.0 Å². The summed E-state index contributed by atoms with van der Waals surface area (Å²) in [4.78, 5) is 27.8. The van der Waals surface area contributed by atoms with Crippen molar-refractivity contribution in [3.8, 4) is 0 Å². The van der Waals surface area contributed by atoms with E-state index >= 15 is 0 Å². The van der Waals surface area contributed by atoms with Crippen LogP contribution in [0.5, 0.6) is 0 Å². The summed E-state index contributed by atoms with van der Waals surface area (Å²) >= 11 is 0. The van der Waals surface area contributed by atoms with Crippen molar-refractivity contribution in [2.75, 3.05) is 13.2 Å². The molecule has 2 aliphatic rings. The zero-order valence-corrected chi connectivity index (χ0v) is 31.5. The SMILES string of the molecule is CC(C)[C@H]1COC(=O)N1C(=O)[C@@H](C)CC[C@H]1O[C@H](COCc2ccccc2)[C@H](OCc2ccccc2)[C@H](OCc2ccccc2)[C@H]1OCc1ccccc1. The first-order valence-electron chi connectivity index (χ1n) is 19.1. The van der Waals surface area contributed by atoms with Crippen LogP contribution in [0.2, 0.25) is 0 Å². The second kappa shape index (κ2) is 19.8. The molecule has 0 aliphatic carbocycles. The Balaban J connectivity index is 1.28. The highest BCUT2D eigenvalue weighted by Crippen LogP contribution is 2.34. The largest absolute Gasteiger partial charge is 0.447 e. The van der Waals surface area contributed by atoms with Crippen molar-refractivity contribution >= 4 is 12.0 Å². The summed E-state index contributed by atoms with van der Waals surface area (Å²) in [6, 6.07) is 39.9. The van der Waals surface area contributed by atoms with Crippen LogP contribution in [-0.4, -0.2) is 66.7 Å². The highest BCUT2D eigenvalue weighted by molar-refractivity contribution is 5.94. The van der Waals surface area contributed by atoms with Crippen LogP contribution in [0.15, 0.2) is 121 Å². The highest BCUT2D eigenvalue weighted by Gasteiger charge is 2.49. The van der Waals surface area contributed by atoms with E-state index < -0.39 is 42.5 Å². The molecule has 0 radical (unpaired) electrons. The van der Waals surface area contributed by atoms with Crippen LogP contribution in [0, 0.1) is 11.8 Å². The van der Waals surface area contributed by atoms with Crippen LogP contribution < -0.4 is 0 Å². The predicted molar refractivity (Wildman–Crippen MR) is 205 cm³/mol. The minimum atomic E-state index is -0.577. The minimum Gasteiger partial charge on any atom is -0.447 e. The van der Waals surface area contributed by atoms with E-state index in [4.69, 9.17) is 28.4 Å². The maximum absolute atomic E-state index is 13.8. The van der Waals surface area contributed by atoms with E-state index in [1.165, 1.54) is 4.90 Å². The lowest BCUT2D eigenvalue weighted by atomic mass is 9.89. The molecule has 7 atom stereocenters. The van der Waals surface area contributed by atoms with Crippen LogP contribution >= 0.6 is 0 Å². The molecule has 2 aliphatic heterocycles. The maximum Gasteiger partial charge on any atom is 0.416 e. The Morgan fingerprint density at radius 1 is 0.648 bits per heavy atom. The van der Waals surface area contributed by atoms with Gasteiger partial charge < -0.3 is 28.4 Å². The summed E-state index contributed by atoms with van der Waals surface area (Å²) in [5.74, 6) is -0.617. The van der Waals surface area contributed by atoms with Crippen molar-refractivity contribution in [1.29, 1.82) is 0 Å². The molecular weight excluding hydrogens is 682 g/mol. The van der Waals surface area contributed by atoms with Crippen LogP contribution in [0.4, 0.5) is 4.79 Å². The third-order valence-corrected chi connectivity index (χ3v) is 10.2. The fraction of sp³-hybridized carbons (Fsp3) is 0.422. The molecule has 0 saturated carbocycles. The average Bonchev–Trinajstić information content (AvgIpc) is 3.60. The molecule has 2 amide bonds. The molecule has 0 unspecified atom stereocenters. The minimum absolute atomic E-state index is 0.0806. The van der Waals surface area contributed by atoms with Crippen molar-refractivity contribution in [3.63, 3.8) is 0 Å². The van der Waals surface area contributed by atoms with Crippen molar-refractivity contribution in [2.24, 2.45) is 11.8 Å². The lowest BCUT2D eigenvalue weighted by molar-refractivity contribution is -0.273. The lowest BCUT2D eigenvalue weighted by Crippen LogP contribution is -2.61. The molecule has 2 saturated heterocycles. The van der Waals surface area contributed by atoms with Crippen molar-refractivity contribution in [2.45, 2.75) is 96.6 Å². The van der Waals surface area contributed by atoms with Crippen LogP contribution in [0.25, 0.3) is 0 Å². The molecule has 9 heteroatoms. The first-order chi connectivity index (χ1) is 26.4. The number of hydrogen-bond acceptors (Lipinski definition) is 8.